The van der Waals surface area contributed by atoms with E-state index in [1.165, 1.54) is 17.3 Å². The SMILES string of the molecule is Cc1ccc(SCC(=O)N(C)C(C)CO)cc1. The highest BCUT2D eigenvalue weighted by Gasteiger charge is 2.14. The first-order chi connectivity index (χ1) is 8.04. The maximum atomic E-state index is 11.8. The lowest BCUT2D eigenvalue weighted by molar-refractivity contribution is -0.129. The molecule has 0 heterocycles. The Morgan fingerprint density at radius 2 is 2.00 bits per heavy atom. The first-order valence-electron chi connectivity index (χ1n) is 5.60. The first-order valence-corrected chi connectivity index (χ1v) is 6.59. The van der Waals surface area contributed by atoms with Gasteiger partial charge in [0.1, 0.15) is 0 Å². The highest BCUT2D eigenvalue weighted by molar-refractivity contribution is 8.00. The van der Waals surface area contributed by atoms with Crippen molar-refractivity contribution in [3.05, 3.63) is 29.8 Å². The van der Waals surface area contributed by atoms with Crippen LogP contribution in [0.4, 0.5) is 0 Å². The number of carbonyl (C=O) groups is 1. The summed E-state index contributed by atoms with van der Waals surface area (Å²) in [6, 6.07) is 7.98. The zero-order valence-corrected chi connectivity index (χ0v) is 11.3. The highest BCUT2D eigenvalue weighted by atomic mass is 32.2. The number of amides is 1. The Labute approximate surface area is 107 Å². The molecule has 94 valence electrons. The van der Waals surface area contributed by atoms with Gasteiger partial charge in [0.25, 0.3) is 0 Å². The van der Waals surface area contributed by atoms with Crippen LogP contribution >= 0.6 is 11.8 Å². The third kappa shape index (κ3) is 4.40. The molecule has 1 amide bonds. The predicted octanol–water partition coefficient (Wildman–Crippen LogP) is 1.93. The number of hydrogen-bond donors (Lipinski definition) is 1. The van der Waals surface area contributed by atoms with Gasteiger partial charge in [0, 0.05) is 11.9 Å². The first kappa shape index (κ1) is 14.1. The van der Waals surface area contributed by atoms with Gasteiger partial charge in [-0.1, -0.05) is 17.7 Å². The van der Waals surface area contributed by atoms with Crippen LogP contribution in [0.3, 0.4) is 0 Å². The van der Waals surface area contributed by atoms with Crippen molar-refractivity contribution < 1.29 is 9.90 Å². The summed E-state index contributed by atoms with van der Waals surface area (Å²) in [5.74, 6) is 0.446. The smallest absolute Gasteiger partial charge is 0.232 e. The van der Waals surface area contributed by atoms with E-state index < -0.39 is 0 Å². The Morgan fingerprint density at radius 1 is 1.41 bits per heavy atom. The minimum Gasteiger partial charge on any atom is -0.394 e. The number of likely N-dealkylation sites (N-methyl/N-ethyl adjacent to an activating group) is 1. The fourth-order valence-corrected chi connectivity index (χ4v) is 2.07. The normalized spacial score (nSPS) is 12.2. The minimum absolute atomic E-state index is 0.00254. The van der Waals surface area contributed by atoms with Gasteiger partial charge >= 0.3 is 0 Å². The summed E-state index contributed by atoms with van der Waals surface area (Å²) in [5.41, 5.74) is 1.21. The molecule has 0 aromatic heterocycles. The highest BCUT2D eigenvalue weighted by Crippen LogP contribution is 2.18. The van der Waals surface area contributed by atoms with E-state index in [0.29, 0.717) is 5.75 Å². The van der Waals surface area contributed by atoms with Gasteiger partial charge in [0.2, 0.25) is 5.91 Å². The average Bonchev–Trinajstić information content (AvgIpc) is 2.35. The molecule has 0 fully saturated rings. The fourth-order valence-electron chi connectivity index (χ4n) is 1.25. The monoisotopic (exact) mass is 253 g/mol. The molecule has 0 aliphatic carbocycles. The molecule has 1 N–H and O–H groups in total. The van der Waals surface area contributed by atoms with Crippen LogP contribution in [0.2, 0.25) is 0 Å². The molecule has 0 aliphatic rings. The van der Waals surface area contributed by atoms with Crippen LogP contribution in [-0.4, -0.2) is 41.4 Å². The van der Waals surface area contributed by atoms with E-state index in [-0.39, 0.29) is 18.6 Å². The van der Waals surface area contributed by atoms with Gasteiger partial charge in [0.05, 0.1) is 18.4 Å². The van der Waals surface area contributed by atoms with E-state index in [4.69, 9.17) is 5.11 Å². The summed E-state index contributed by atoms with van der Waals surface area (Å²) >= 11 is 1.52. The Bertz CT molecular complexity index is 364. The molecule has 1 aromatic carbocycles. The van der Waals surface area contributed by atoms with Crippen LogP contribution in [0.15, 0.2) is 29.2 Å². The summed E-state index contributed by atoms with van der Waals surface area (Å²) in [6.07, 6.45) is 0. The fraction of sp³-hybridized carbons (Fsp3) is 0.462. The van der Waals surface area contributed by atoms with Gasteiger partial charge in [0.15, 0.2) is 0 Å². The molecular weight excluding hydrogens is 234 g/mol. The molecule has 1 unspecified atom stereocenters. The molecule has 1 atom stereocenters. The quantitative estimate of drug-likeness (QED) is 0.815. The molecule has 0 saturated carbocycles. The van der Waals surface area contributed by atoms with Crippen molar-refractivity contribution in [2.75, 3.05) is 19.4 Å². The van der Waals surface area contributed by atoms with Crippen molar-refractivity contribution in [2.24, 2.45) is 0 Å². The maximum absolute atomic E-state index is 11.8. The van der Waals surface area contributed by atoms with Crippen LogP contribution in [-0.2, 0) is 4.79 Å². The van der Waals surface area contributed by atoms with Crippen molar-refractivity contribution in [3.63, 3.8) is 0 Å². The summed E-state index contributed by atoms with van der Waals surface area (Å²) < 4.78 is 0. The summed E-state index contributed by atoms with van der Waals surface area (Å²) in [6.45, 7) is 3.86. The van der Waals surface area contributed by atoms with Crippen molar-refractivity contribution in [2.45, 2.75) is 24.8 Å². The number of aliphatic hydroxyl groups is 1. The molecule has 0 bridgehead atoms. The van der Waals surface area contributed by atoms with Gasteiger partial charge in [-0.05, 0) is 26.0 Å². The second-order valence-electron chi connectivity index (χ2n) is 4.14. The second-order valence-corrected chi connectivity index (χ2v) is 5.19. The zero-order chi connectivity index (χ0) is 12.8. The Kier molecular flexibility index (Phi) is 5.51. The number of rotatable bonds is 5. The van der Waals surface area contributed by atoms with Gasteiger partial charge in [-0.25, -0.2) is 0 Å². The topological polar surface area (TPSA) is 40.5 Å². The van der Waals surface area contributed by atoms with Crippen molar-refractivity contribution in [3.8, 4) is 0 Å². The number of aryl methyl sites for hydroxylation is 1. The van der Waals surface area contributed by atoms with Crippen LogP contribution < -0.4 is 0 Å². The van der Waals surface area contributed by atoms with E-state index >= 15 is 0 Å². The van der Waals surface area contributed by atoms with Crippen LogP contribution in [0, 0.1) is 6.92 Å². The average molecular weight is 253 g/mol. The summed E-state index contributed by atoms with van der Waals surface area (Å²) in [4.78, 5) is 14.5. The number of aliphatic hydroxyl groups excluding tert-OH is 1. The second kappa shape index (κ2) is 6.67. The van der Waals surface area contributed by atoms with E-state index in [1.807, 2.05) is 38.1 Å². The number of thioether (sulfide) groups is 1. The van der Waals surface area contributed by atoms with Crippen molar-refractivity contribution >= 4 is 17.7 Å². The Balaban J connectivity index is 2.45. The van der Waals surface area contributed by atoms with E-state index in [1.54, 1.807) is 11.9 Å². The molecule has 4 heteroatoms. The van der Waals surface area contributed by atoms with Gasteiger partial charge in [-0.2, -0.15) is 0 Å². The van der Waals surface area contributed by atoms with Gasteiger partial charge in [-0.3, -0.25) is 4.79 Å². The number of carbonyl (C=O) groups excluding carboxylic acids is 1. The van der Waals surface area contributed by atoms with Crippen LogP contribution in [0.1, 0.15) is 12.5 Å². The van der Waals surface area contributed by atoms with Crippen molar-refractivity contribution in [1.29, 1.82) is 0 Å². The Hall–Kier alpha value is -1.00. The van der Waals surface area contributed by atoms with E-state index in [2.05, 4.69) is 0 Å². The van der Waals surface area contributed by atoms with Crippen LogP contribution in [0.25, 0.3) is 0 Å². The van der Waals surface area contributed by atoms with Gasteiger partial charge < -0.3 is 10.0 Å². The molecule has 1 rings (SSSR count). The largest absolute Gasteiger partial charge is 0.394 e. The summed E-state index contributed by atoms with van der Waals surface area (Å²) in [5, 5.41) is 8.97. The standard InChI is InChI=1S/C13H19NO2S/c1-10-4-6-12(7-5-10)17-9-13(16)14(3)11(2)8-15/h4-7,11,15H,8-9H2,1-3H3. The Morgan fingerprint density at radius 3 is 2.53 bits per heavy atom. The van der Waals surface area contributed by atoms with Gasteiger partial charge in [-0.15, -0.1) is 11.8 Å². The maximum Gasteiger partial charge on any atom is 0.232 e. The summed E-state index contributed by atoms with van der Waals surface area (Å²) in [7, 11) is 1.72. The molecule has 3 nitrogen and oxygen atoms in total. The number of benzene rings is 1. The number of nitrogens with zero attached hydrogens (tertiary/aromatic N) is 1. The number of hydrogen-bond acceptors (Lipinski definition) is 3. The zero-order valence-electron chi connectivity index (χ0n) is 10.5. The van der Waals surface area contributed by atoms with E-state index in [9.17, 15) is 4.79 Å². The molecule has 0 aliphatic heterocycles. The lowest BCUT2D eigenvalue weighted by atomic mass is 10.2. The lowest BCUT2D eigenvalue weighted by Crippen LogP contribution is -2.38. The molecule has 1 aromatic rings. The predicted molar refractivity (Wildman–Crippen MR) is 71.2 cm³/mol. The third-order valence-electron chi connectivity index (χ3n) is 2.70. The van der Waals surface area contributed by atoms with Crippen molar-refractivity contribution in [1.82, 2.24) is 4.90 Å². The van der Waals surface area contributed by atoms with Crippen LogP contribution in [0.5, 0.6) is 0 Å². The molecule has 17 heavy (non-hydrogen) atoms. The minimum atomic E-state index is -0.124. The lowest BCUT2D eigenvalue weighted by Gasteiger charge is -2.22. The molecule has 0 spiro atoms. The molecular formula is C13H19NO2S. The molecule has 0 radical (unpaired) electrons. The molecule has 0 saturated heterocycles. The third-order valence-corrected chi connectivity index (χ3v) is 3.70. The van der Waals surface area contributed by atoms with E-state index in [0.717, 1.165) is 4.90 Å².